The maximum absolute atomic E-state index is 12.4. The number of nitrogens with one attached hydrogen (secondary N) is 2. The number of aromatic nitrogens is 1. The zero-order valence-electron chi connectivity index (χ0n) is 15.1. The first-order valence-electron chi connectivity index (χ1n) is 9.27. The van der Waals surface area contributed by atoms with Crippen LogP contribution >= 0.6 is 0 Å². The van der Waals surface area contributed by atoms with E-state index in [1.54, 1.807) is 0 Å². The van der Waals surface area contributed by atoms with Crippen molar-refractivity contribution in [3.05, 3.63) is 23.9 Å². The Hall–Kier alpha value is -1.95. The van der Waals surface area contributed by atoms with Crippen LogP contribution in [0.3, 0.4) is 0 Å². The van der Waals surface area contributed by atoms with Crippen LogP contribution in [0, 0.1) is 18.8 Å². The van der Waals surface area contributed by atoms with Gasteiger partial charge in [0.05, 0.1) is 6.54 Å². The summed E-state index contributed by atoms with van der Waals surface area (Å²) in [4.78, 5) is 30.9. The molecule has 3 rings (SSSR count). The number of likely N-dealkylation sites (tertiary alicyclic amines) is 1. The number of nitrogens with zero attached hydrogens (tertiary/aromatic N) is 2. The van der Waals surface area contributed by atoms with Crippen LogP contribution in [0.15, 0.2) is 18.2 Å². The molecule has 0 radical (unpaired) electrons. The van der Waals surface area contributed by atoms with Crippen molar-refractivity contribution in [3.8, 4) is 0 Å². The largest absolute Gasteiger partial charge is 0.352 e. The molecule has 0 aromatic carbocycles. The minimum Gasteiger partial charge on any atom is -0.352 e. The van der Waals surface area contributed by atoms with E-state index in [4.69, 9.17) is 0 Å². The summed E-state index contributed by atoms with van der Waals surface area (Å²) >= 11 is 0. The number of pyridine rings is 1. The molecule has 0 spiro atoms. The molecule has 1 saturated carbocycles. The predicted octanol–water partition coefficient (Wildman–Crippen LogP) is 1.96. The van der Waals surface area contributed by atoms with Crippen LogP contribution in [0.25, 0.3) is 0 Å². The topological polar surface area (TPSA) is 74.3 Å². The van der Waals surface area contributed by atoms with Gasteiger partial charge in [-0.25, -0.2) is 4.98 Å². The minimum atomic E-state index is -0.00740. The lowest BCUT2D eigenvalue weighted by atomic mass is 9.96. The third-order valence-electron chi connectivity index (χ3n) is 5.18. The van der Waals surface area contributed by atoms with Crippen LogP contribution in [0.5, 0.6) is 0 Å². The van der Waals surface area contributed by atoms with Crippen molar-refractivity contribution in [2.45, 2.75) is 45.6 Å². The van der Waals surface area contributed by atoms with Crippen LogP contribution in [-0.2, 0) is 9.59 Å². The molecule has 2 amide bonds. The number of aryl methyl sites for hydroxylation is 1. The summed E-state index contributed by atoms with van der Waals surface area (Å²) in [5, 5.41) is 6.00. The molecule has 1 aliphatic heterocycles. The summed E-state index contributed by atoms with van der Waals surface area (Å²) in [6, 6.07) is 5.90. The molecule has 25 heavy (non-hydrogen) atoms. The van der Waals surface area contributed by atoms with Crippen molar-refractivity contribution in [1.29, 1.82) is 0 Å². The van der Waals surface area contributed by atoms with Gasteiger partial charge in [0, 0.05) is 17.7 Å². The number of anilines is 1. The van der Waals surface area contributed by atoms with Gasteiger partial charge in [0.1, 0.15) is 5.82 Å². The van der Waals surface area contributed by atoms with Gasteiger partial charge in [0.2, 0.25) is 11.8 Å². The lowest BCUT2D eigenvalue weighted by Gasteiger charge is -2.31. The van der Waals surface area contributed by atoms with E-state index in [0.29, 0.717) is 18.3 Å². The first-order valence-corrected chi connectivity index (χ1v) is 9.27. The van der Waals surface area contributed by atoms with Crippen LogP contribution in [0.2, 0.25) is 0 Å². The molecule has 0 bridgehead atoms. The van der Waals surface area contributed by atoms with E-state index in [0.717, 1.165) is 31.6 Å². The summed E-state index contributed by atoms with van der Waals surface area (Å²) in [7, 11) is 0. The van der Waals surface area contributed by atoms with Crippen LogP contribution in [0.1, 0.15) is 38.3 Å². The third kappa shape index (κ3) is 5.26. The Bertz CT molecular complexity index is 622. The number of amides is 2. The molecule has 2 N–H and O–H groups in total. The molecule has 2 fully saturated rings. The Labute approximate surface area is 149 Å². The summed E-state index contributed by atoms with van der Waals surface area (Å²) in [5.41, 5.74) is 0.888. The highest BCUT2D eigenvalue weighted by molar-refractivity contribution is 5.91. The molecule has 0 unspecified atom stereocenters. The van der Waals surface area contributed by atoms with Gasteiger partial charge in [0.15, 0.2) is 0 Å². The fourth-order valence-electron chi connectivity index (χ4n) is 3.41. The van der Waals surface area contributed by atoms with Gasteiger partial charge in [0.25, 0.3) is 0 Å². The number of carbonyl (C=O) groups is 2. The maximum Gasteiger partial charge on any atom is 0.234 e. The monoisotopic (exact) mass is 344 g/mol. The number of carbonyl (C=O) groups excluding carboxylic acids is 2. The first kappa shape index (κ1) is 17.9. The second-order valence-corrected chi connectivity index (χ2v) is 7.40. The molecular weight excluding hydrogens is 316 g/mol. The second-order valence-electron chi connectivity index (χ2n) is 7.40. The van der Waals surface area contributed by atoms with Crippen LogP contribution < -0.4 is 10.6 Å². The van der Waals surface area contributed by atoms with E-state index in [9.17, 15) is 9.59 Å². The van der Waals surface area contributed by atoms with Crippen LogP contribution in [-0.4, -0.2) is 47.4 Å². The Morgan fingerprint density at radius 2 is 1.96 bits per heavy atom. The molecule has 6 heteroatoms. The maximum atomic E-state index is 12.4. The molecule has 2 aliphatic rings. The SMILES string of the molecule is Cc1cccc(NC(=O)C2CCN(CC(=O)N[C@@H](C)C3CC3)CC2)n1. The van der Waals surface area contributed by atoms with Gasteiger partial charge in [-0.05, 0) is 70.7 Å². The standard InChI is InChI=1S/C19H28N4O2/c1-13-4-3-5-17(20-13)22-19(25)16-8-10-23(11-9-16)12-18(24)21-14(2)15-6-7-15/h3-5,14-16H,6-12H2,1-2H3,(H,21,24)(H,20,22,25)/t14-/m0/s1. The van der Waals surface area contributed by atoms with Crippen LogP contribution in [0.4, 0.5) is 5.82 Å². The van der Waals surface area contributed by atoms with Gasteiger partial charge < -0.3 is 10.6 Å². The van der Waals surface area contributed by atoms with Gasteiger partial charge in [-0.15, -0.1) is 0 Å². The number of hydrogen-bond donors (Lipinski definition) is 2. The van der Waals surface area contributed by atoms with Crippen molar-refractivity contribution >= 4 is 17.6 Å². The fourth-order valence-corrected chi connectivity index (χ4v) is 3.41. The smallest absolute Gasteiger partial charge is 0.234 e. The van der Waals surface area contributed by atoms with Gasteiger partial charge in [-0.1, -0.05) is 6.07 Å². The lowest BCUT2D eigenvalue weighted by molar-refractivity contribution is -0.124. The van der Waals surface area contributed by atoms with Crippen molar-refractivity contribution in [3.63, 3.8) is 0 Å². The molecule has 6 nitrogen and oxygen atoms in total. The zero-order chi connectivity index (χ0) is 17.8. The summed E-state index contributed by atoms with van der Waals surface area (Å²) < 4.78 is 0. The molecule has 1 aliphatic carbocycles. The normalized spacial score (nSPS) is 20.1. The van der Waals surface area contributed by atoms with E-state index in [2.05, 4.69) is 27.4 Å². The third-order valence-corrected chi connectivity index (χ3v) is 5.18. The highest BCUT2D eigenvalue weighted by atomic mass is 16.2. The number of hydrogen-bond acceptors (Lipinski definition) is 4. The summed E-state index contributed by atoms with van der Waals surface area (Å²) in [6.07, 6.45) is 4.03. The van der Waals surface area contributed by atoms with Gasteiger partial charge in [-0.3, -0.25) is 14.5 Å². The molecule has 2 heterocycles. The second kappa shape index (κ2) is 7.95. The zero-order valence-corrected chi connectivity index (χ0v) is 15.1. The molecule has 1 saturated heterocycles. The van der Waals surface area contributed by atoms with Crippen molar-refractivity contribution in [1.82, 2.24) is 15.2 Å². The Balaban J connectivity index is 1.40. The van der Waals surface area contributed by atoms with E-state index >= 15 is 0 Å². The first-order chi connectivity index (χ1) is 12.0. The van der Waals surface area contributed by atoms with E-state index < -0.39 is 0 Å². The summed E-state index contributed by atoms with van der Waals surface area (Å²) in [5.74, 6) is 1.41. The fraction of sp³-hybridized carbons (Fsp3) is 0.632. The van der Waals surface area contributed by atoms with Gasteiger partial charge in [-0.2, -0.15) is 0 Å². The lowest BCUT2D eigenvalue weighted by Crippen LogP contribution is -2.45. The Morgan fingerprint density at radius 1 is 1.24 bits per heavy atom. The summed E-state index contributed by atoms with van der Waals surface area (Å²) in [6.45, 7) is 5.99. The van der Waals surface area contributed by atoms with Crippen molar-refractivity contribution in [2.24, 2.45) is 11.8 Å². The van der Waals surface area contributed by atoms with Gasteiger partial charge >= 0.3 is 0 Å². The number of rotatable bonds is 6. The van der Waals surface area contributed by atoms with Crippen molar-refractivity contribution in [2.75, 3.05) is 25.0 Å². The minimum absolute atomic E-state index is 0.00740. The molecule has 136 valence electrons. The van der Waals surface area contributed by atoms with E-state index in [1.165, 1.54) is 12.8 Å². The average Bonchev–Trinajstić information content (AvgIpc) is 3.40. The number of piperidine rings is 1. The quantitative estimate of drug-likeness (QED) is 0.827. The highest BCUT2D eigenvalue weighted by Gasteiger charge is 2.30. The molecule has 1 aromatic heterocycles. The molecule has 1 aromatic rings. The van der Waals surface area contributed by atoms with Crippen molar-refractivity contribution < 1.29 is 9.59 Å². The molecule has 1 atom stereocenters. The predicted molar refractivity (Wildman–Crippen MR) is 97.1 cm³/mol. The van der Waals surface area contributed by atoms with E-state index in [1.807, 2.05) is 25.1 Å². The highest BCUT2D eigenvalue weighted by Crippen LogP contribution is 2.32. The molecular formula is C19H28N4O2. The van der Waals surface area contributed by atoms with E-state index in [-0.39, 0.29) is 23.8 Å². The average molecular weight is 344 g/mol. The Kier molecular flexibility index (Phi) is 5.68. The Morgan fingerprint density at radius 3 is 2.60 bits per heavy atom.